The lowest BCUT2D eigenvalue weighted by atomic mass is 9.93. The zero-order chi connectivity index (χ0) is 19.6. The van der Waals surface area contributed by atoms with Crippen molar-refractivity contribution in [2.24, 2.45) is 16.6 Å². The van der Waals surface area contributed by atoms with E-state index in [1.807, 2.05) is 0 Å². The molecule has 4 N–H and O–H groups in total. The molecule has 1 spiro atoms. The van der Waals surface area contributed by atoms with Gasteiger partial charge in [-0.25, -0.2) is 0 Å². The van der Waals surface area contributed by atoms with Crippen molar-refractivity contribution in [3.63, 3.8) is 0 Å². The number of carbonyl (C=O) groups excluding carboxylic acids is 1. The lowest BCUT2D eigenvalue weighted by Gasteiger charge is -2.33. The van der Waals surface area contributed by atoms with Gasteiger partial charge in [-0.05, 0) is 25.0 Å². The van der Waals surface area contributed by atoms with Crippen molar-refractivity contribution >= 4 is 34.9 Å². The molecule has 0 radical (unpaired) electrons. The third-order valence-corrected chi connectivity index (χ3v) is 5.72. The van der Waals surface area contributed by atoms with Crippen LogP contribution in [0.25, 0.3) is 0 Å². The zero-order valence-corrected chi connectivity index (χ0v) is 16.5. The van der Waals surface area contributed by atoms with Crippen LogP contribution in [-0.4, -0.2) is 42.4 Å². The summed E-state index contributed by atoms with van der Waals surface area (Å²) in [5, 5.41) is 4.65. The van der Waals surface area contributed by atoms with Crippen LogP contribution in [0, 0.1) is 0 Å². The highest BCUT2D eigenvalue weighted by molar-refractivity contribution is 6.37. The number of oxime groups is 1. The molecular formula is C18H22Cl2N4O3. The zero-order valence-electron chi connectivity index (χ0n) is 15.0. The minimum atomic E-state index is -0.434. The molecule has 0 atom stereocenters. The maximum Gasteiger partial charge on any atom is 0.260 e. The number of amides is 1. The number of para-hydroxylation sites is 1. The number of hydrogen-bond acceptors (Lipinski definition) is 5. The third kappa shape index (κ3) is 3.53. The molecule has 3 rings (SSSR count). The van der Waals surface area contributed by atoms with Crippen molar-refractivity contribution in [2.75, 3.05) is 20.3 Å². The van der Waals surface area contributed by atoms with E-state index in [-0.39, 0.29) is 30.5 Å². The summed E-state index contributed by atoms with van der Waals surface area (Å²) in [6, 6.07) is 5.08. The van der Waals surface area contributed by atoms with Crippen LogP contribution < -0.4 is 16.2 Å². The Morgan fingerprint density at radius 1 is 1.26 bits per heavy atom. The number of nitrogens with zero attached hydrogens (tertiary/aromatic N) is 2. The van der Waals surface area contributed by atoms with Crippen molar-refractivity contribution in [1.29, 1.82) is 0 Å². The number of hydrogen-bond donors (Lipinski definition) is 2. The molecule has 9 heteroatoms. The number of nitrogens with two attached hydrogens (primary N) is 2. The van der Waals surface area contributed by atoms with Crippen LogP contribution >= 0.6 is 23.2 Å². The van der Waals surface area contributed by atoms with E-state index in [4.69, 9.17) is 44.2 Å². The second-order valence-corrected chi connectivity index (χ2v) is 7.41. The first-order valence-electron chi connectivity index (χ1n) is 8.69. The molecule has 1 saturated carbocycles. The fourth-order valence-electron chi connectivity index (χ4n) is 3.67. The van der Waals surface area contributed by atoms with E-state index in [1.165, 1.54) is 0 Å². The van der Waals surface area contributed by atoms with Crippen molar-refractivity contribution in [1.82, 2.24) is 4.90 Å². The summed E-state index contributed by atoms with van der Waals surface area (Å²) in [6.07, 6.45) is 3.73. The molecule has 1 aromatic rings. The normalized spacial score (nSPS) is 19.3. The van der Waals surface area contributed by atoms with E-state index in [2.05, 4.69) is 5.16 Å². The Bertz CT molecular complexity index is 784. The standard InChI is InChI=1S/C18H22Cl2N4O3/c1-24-17(25)13(15(21)18(24)7-2-3-8-18)16(22)23-27-10-9-26-14-11(19)5-4-6-12(14)20/h4-6H,2-3,7-10,21H2,1H3,(H2,22,23). The highest BCUT2D eigenvalue weighted by Gasteiger charge is 2.51. The molecule has 1 aliphatic heterocycles. The Morgan fingerprint density at radius 2 is 1.89 bits per heavy atom. The molecule has 2 aliphatic rings. The topological polar surface area (TPSA) is 103 Å². The van der Waals surface area contributed by atoms with Crippen molar-refractivity contribution in [3.05, 3.63) is 39.5 Å². The van der Waals surface area contributed by atoms with Crippen LogP contribution in [0.2, 0.25) is 10.0 Å². The Hall–Kier alpha value is -2.12. The molecule has 146 valence electrons. The molecule has 0 unspecified atom stereocenters. The number of halogens is 2. The average Bonchev–Trinajstić information content (AvgIpc) is 3.19. The molecule has 0 aromatic heterocycles. The maximum absolute atomic E-state index is 12.6. The van der Waals surface area contributed by atoms with Crippen molar-refractivity contribution < 1.29 is 14.4 Å². The Labute approximate surface area is 167 Å². The molecule has 7 nitrogen and oxygen atoms in total. The van der Waals surface area contributed by atoms with Gasteiger partial charge in [-0.15, -0.1) is 0 Å². The molecule has 1 aliphatic carbocycles. The number of amidine groups is 1. The second-order valence-electron chi connectivity index (χ2n) is 6.60. The molecule has 1 fully saturated rings. The lowest BCUT2D eigenvalue weighted by molar-refractivity contribution is -0.127. The van der Waals surface area contributed by atoms with Crippen LogP contribution in [0.15, 0.2) is 34.6 Å². The van der Waals surface area contributed by atoms with Gasteiger partial charge < -0.3 is 25.9 Å². The molecule has 1 aromatic carbocycles. The van der Waals surface area contributed by atoms with E-state index in [0.717, 1.165) is 25.7 Å². The highest BCUT2D eigenvalue weighted by Crippen LogP contribution is 2.44. The SMILES string of the molecule is CN1C(=O)C(/C(N)=N\OCCOc2c(Cl)cccc2Cl)=C(N)C12CCCC2. The largest absolute Gasteiger partial charge is 0.487 e. The van der Waals surface area contributed by atoms with Gasteiger partial charge in [0.25, 0.3) is 5.91 Å². The van der Waals surface area contributed by atoms with Gasteiger partial charge in [0.15, 0.2) is 18.2 Å². The maximum atomic E-state index is 12.6. The lowest BCUT2D eigenvalue weighted by Crippen LogP contribution is -2.45. The van der Waals surface area contributed by atoms with E-state index in [0.29, 0.717) is 21.5 Å². The van der Waals surface area contributed by atoms with E-state index in [1.54, 1.807) is 30.1 Å². The predicted octanol–water partition coefficient (Wildman–Crippen LogP) is 2.66. The first kappa shape index (κ1) is 19.6. The molecule has 0 saturated heterocycles. The average molecular weight is 413 g/mol. The summed E-state index contributed by atoms with van der Waals surface area (Å²) in [5.41, 5.74) is 12.5. The van der Waals surface area contributed by atoms with Crippen LogP contribution in [0.5, 0.6) is 5.75 Å². The van der Waals surface area contributed by atoms with Gasteiger partial charge in [-0.3, -0.25) is 4.79 Å². The monoisotopic (exact) mass is 412 g/mol. The number of rotatable bonds is 6. The van der Waals surface area contributed by atoms with Gasteiger partial charge in [0.05, 0.1) is 21.3 Å². The Balaban J connectivity index is 1.61. The fraction of sp³-hybridized carbons (Fsp3) is 0.444. The number of benzene rings is 1. The summed E-state index contributed by atoms with van der Waals surface area (Å²) in [6.45, 7) is 0.261. The quantitative estimate of drug-likeness (QED) is 0.323. The number of likely N-dealkylation sites (N-methyl/N-ethyl adjacent to an activating group) is 1. The Morgan fingerprint density at radius 3 is 2.52 bits per heavy atom. The van der Waals surface area contributed by atoms with Gasteiger partial charge in [-0.1, -0.05) is 47.3 Å². The van der Waals surface area contributed by atoms with Crippen LogP contribution in [0.4, 0.5) is 0 Å². The summed E-state index contributed by atoms with van der Waals surface area (Å²) in [7, 11) is 1.75. The third-order valence-electron chi connectivity index (χ3n) is 5.12. The highest BCUT2D eigenvalue weighted by atomic mass is 35.5. The van der Waals surface area contributed by atoms with E-state index in [9.17, 15) is 4.79 Å². The summed E-state index contributed by atoms with van der Waals surface area (Å²) >= 11 is 12.0. The van der Waals surface area contributed by atoms with Crippen LogP contribution in [0.3, 0.4) is 0 Å². The van der Waals surface area contributed by atoms with Crippen molar-refractivity contribution in [2.45, 2.75) is 31.2 Å². The van der Waals surface area contributed by atoms with E-state index >= 15 is 0 Å². The smallest absolute Gasteiger partial charge is 0.260 e. The van der Waals surface area contributed by atoms with Crippen LogP contribution in [-0.2, 0) is 9.63 Å². The van der Waals surface area contributed by atoms with Gasteiger partial charge in [0.1, 0.15) is 12.2 Å². The molecule has 1 amide bonds. The fourth-order valence-corrected chi connectivity index (χ4v) is 4.17. The number of ether oxygens (including phenoxy) is 1. The van der Waals surface area contributed by atoms with Crippen molar-refractivity contribution in [3.8, 4) is 5.75 Å². The van der Waals surface area contributed by atoms with Crippen LogP contribution in [0.1, 0.15) is 25.7 Å². The van der Waals surface area contributed by atoms with Gasteiger partial charge in [0.2, 0.25) is 0 Å². The second kappa shape index (κ2) is 7.86. The summed E-state index contributed by atoms with van der Waals surface area (Å²) in [4.78, 5) is 19.4. The minimum Gasteiger partial charge on any atom is -0.487 e. The first-order valence-corrected chi connectivity index (χ1v) is 9.45. The summed E-state index contributed by atoms with van der Waals surface area (Å²) < 4.78 is 5.50. The molecule has 0 bridgehead atoms. The molecule has 1 heterocycles. The van der Waals surface area contributed by atoms with Gasteiger partial charge in [-0.2, -0.15) is 0 Å². The minimum absolute atomic E-state index is 0.0242. The first-order chi connectivity index (χ1) is 12.9. The van der Waals surface area contributed by atoms with Gasteiger partial charge in [0, 0.05) is 7.05 Å². The van der Waals surface area contributed by atoms with E-state index < -0.39 is 5.54 Å². The number of carbonyl (C=O) groups is 1. The van der Waals surface area contributed by atoms with Gasteiger partial charge >= 0.3 is 0 Å². The Kier molecular flexibility index (Phi) is 5.72. The molecule has 27 heavy (non-hydrogen) atoms. The predicted molar refractivity (Wildman–Crippen MR) is 105 cm³/mol. The molecular weight excluding hydrogens is 391 g/mol. The summed E-state index contributed by atoms with van der Waals surface area (Å²) in [5.74, 6) is 0.131.